The van der Waals surface area contributed by atoms with Gasteiger partial charge in [-0.3, -0.25) is 0 Å². The minimum Gasteiger partial charge on any atom is -0.384 e. The van der Waals surface area contributed by atoms with Crippen LogP contribution >= 0.6 is 0 Å². The van der Waals surface area contributed by atoms with Crippen LogP contribution in [0.3, 0.4) is 0 Å². The predicted octanol–water partition coefficient (Wildman–Crippen LogP) is 1.47. The third-order valence-electron chi connectivity index (χ3n) is 1.92. The summed E-state index contributed by atoms with van der Waals surface area (Å²) in [5, 5.41) is 3.34. The van der Waals surface area contributed by atoms with E-state index >= 15 is 0 Å². The second-order valence-electron chi connectivity index (χ2n) is 3.52. The van der Waals surface area contributed by atoms with Crippen molar-refractivity contribution in [3.8, 4) is 0 Å². The Morgan fingerprint density at radius 3 is 2.69 bits per heavy atom. The first-order chi connectivity index (χ1) is 6.09. The Bertz CT molecular complexity index is 281. The second-order valence-corrected chi connectivity index (χ2v) is 3.52. The lowest BCUT2D eigenvalue weighted by atomic mass is 10.2. The van der Waals surface area contributed by atoms with Gasteiger partial charge >= 0.3 is 0 Å². The summed E-state index contributed by atoms with van der Waals surface area (Å²) < 4.78 is 0. The van der Waals surface area contributed by atoms with Gasteiger partial charge in [-0.1, -0.05) is 19.9 Å². The summed E-state index contributed by atoms with van der Waals surface area (Å²) in [6.07, 6.45) is 0. The highest BCUT2D eigenvalue weighted by atomic mass is 14.9. The van der Waals surface area contributed by atoms with E-state index in [0.717, 1.165) is 12.2 Å². The van der Waals surface area contributed by atoms with E-state index in [4.69, 9.17) is 5.73 Å². The molecule has 0 aliphatic rings. The standard InChI is InChI=1S/C10H17N3/c1-7(2)12-6-9-4-5-10(11)13-8(9)3/h4-5,7,12H,6H2,1-3H3,(H2,11,13). The number of nitrogens with one attached hydrogen (secondary N) is 1. The van der Waals surface area contributed by atoms with E-state index in [1.807, 2.05) is 19.1 Å². The van der Waals surface area contributed by atoms with E-state index in [-0.39, 0.29) is 0 Å². The number of rotatable bonds is 3. The van der Waals surface area contributed by atoms with Gasteiger partial charge in [-0.25, -0.2) is 4.98 Å². The molecule has 0 spiro atoms. The van der Waals surface area contributed by atoms with E-state index in [1.54, 1.807) is 0 Å². The molecule has 0 bridgehead atoms. The molecular formula is C10H17N3. The maximum absolute atomic E-state index is 5.55. The van der Waals surface area contributed by atoms with Gasteiger partial charge in [-0.2, -0.15) is 0 Å². The third-order valence-corrected chi connectivity index (χ3v) is 1.92. The zero-order chi connectivity index (χ0) is 9.84. The first-order valence-electron chi connectivity index (χ1n) is 4.55. The average Bonchev–Trinajstić information content (AvgIpc) is 2.02. The lowest BCUT2D eigenvalue weighted by Gasteiger charge is -2.09. The molecule has 0 aliphatic heterocycles. The number of nitrogens with zero attached hydrogens (tertiary/aromatic N) is 1. The lowest BCUT2D eigenvalue weighted by Crippen LogP contribution is -2.22. The van der Waals surface area contributed by atoms with E-state index in [1.165, 1.54) is 5.56 Å². The molecule has 3 nitrogen and oxygen atoms in total. The van der Waals surface area contributed by atoms with Gasteiger partial charge in [-0.05, 0) is 18.6 Å². The van der Waals surface area contributed by atoms with Gasteiger partial charge in [-0.15, -0.1) is 0 Å². The Hall–Kier alpha value is -1.09. The number of aryl methyl sites for hydroxylation is 1. The zero-order valence-corrected chi connectivity index (χ0v) is 8.46. The highest BCUT2D eigenvalue weighted by molar-refractivity contribution is 5.33. The Morgan fingerprint density at radius 1 is 1.46 bits per heavy atom. The van der Waals surface area contributed by atoms with Gasteiger partial charge in [0, 0.05) is 18.3 Å². The molecule has 72 valence electrons. The molecule has 0 aliphatic carbocycles. The van der Waals surface area contributed by atoms with Gasteiger partial charge in [0.25, 0.3) is 0 Å². The Balaban J connectivity index is 2.67. The molecule has 0 aromatic carbocycles. The Labute approximate surface area is 79.4 Å². The van der Waals surface area contributed by atoms with Crippen LogP contribution in [0.15, 0.2) is 12.1 Å². The number of nitrogen functional groups attached to an aromatic ring is 1. The monoisotopic (exact) mass is 179 g/mol. The minimum atomic E-state index is 0.497. The predicted molar refractivity (Wildman–Crippen MR) is 55.4 cm³/mol. The summed E-state index contributed by atoms with van der Waals surface area (Å²) in [5.41, 5.74) is 7.77. The van der Waals surface area contributed by atoms with Crippen molar-refractivity contribution >= 4 is 5.82 Å². The summed E-state index contributed by atoms with van der Waals surface area (Å²) in [4.78, 5) is 4.19. The summed E-state index contributed by atoms with van der Waals surface area (Å²) in [6.45, 7) is 7.09. The van der Waals surface area contributed by atoms with E-state index in [9.17, 15) is 0 Å². The van der Waals surface area contributed by atoms with Crippen LogP contribution in [0.1, 0.15) is 25.1 Å². The van der Waals surface area contributed by atoms with Gasteiger partial charge in [0.2, 0.25) is 0 Å². The fourth-order valence-electron chi connectivity index (χ4n) is 1.11. The maximum atomic E-state index is 5.55. The van der Waals surface area contributed by atoms with Gasteiger partial charge in [0.05, 0.1) is 0 Å². The van der Waals surface area contributed by atoms with Crippen LogP contribution in [0, 0.1) is 6.92 Å². The third kappa shape index (κ3) is 3.03. The topological polar surface area (TPSA) is 50.9 Å². The summed E-state index contributed by atoms with van der Waals surface area (Å²) >= 11 is 0. The van der Waals surface area contributed by atoms with Crippen molar-refractivity contribution in [2.24, 2.45) is 0 Å². The molecule has 0 amide bonds. The van der Waals surface area contributed by atoms with Crippen molar-refractivity contribution in [3.63, 3.8) is 0 Å². The molecule has 0 radical (unpaired) electrons. The van der Waals surface area contributed by atoms with Crippen LogP contribution < -0.4 is 11.1 Å². The highest BCUT2D eigenvalue weighted by Crippen LogP contribution is 2.07. The van der Waals surface area contributed by atoms with E-state index in [0.29, 0.717) is 11.9 Å². The number of hydrogen-bond acceptors (Lipinski definition) is 3. The van der Waals surface area contributed by atoms with Crippen LogP contribution in [-0.2, 0) is 6.54 Å². The molecule has 0 saturated carbocycles. The Kier molecular flexibility index (Phi) is 3.25. The first kappa shape index (κ1) is 9.99. The fraction of sp³-hybridized carbons (Fsp3) is 0.500. The average molecular weight is 179 g/mol. The molecule has 1 aromatic rings. The van der Waals surface area contributed by atoms with Crippen molar-refractivity contribution in [3.05, 3.63) is 23.4 Å². The highest BCUT2D eigenvalue weighted by Gasteiger charge is 2.00. The summed E-state index contributed by atoms with van der Waals surface area (Å²) in [7, 11) is 0. The van der Waals surface area contributed by atoms with Crippen LogP contribution in [-0.4, -0.2) is 11.0 Å². The molecule has 0 fully saturated rings. The number of hydrogen-bond donors (Lipinski definition) is 2. The van der Waals surface area contributed by atoms with Crippen molar-refractivity contribution in [2.45, 2.75) is 33.4 Å². The van der Waals surface area contributed by atoms with Crippen LogP contribution in [0.4, 0.5) is 5.82 Å². The molecular weight excluding hydrogens is 162 g/mol. The Morgan fingerprint density at radius 2 is 2.15 bits per heavy atom. The molecule has 3 heteroatoms. The van der Waals surface area contributed by atoms with Gasteiger partial charge in [0.1, 0.15) is 5.82 Å². The van der Waals surface area contributed by atoms with Gasteiger partial charge in [0.15, 0.2) is 0 Å². The molecule has 0 saturated heterocycles. The van der Waals surface area contributed by atoms with Crippen molar-refractivity contribution in [1.29, 1.82) is 0 Å². The van der Waals surface area contributed by atoms with Crippen molar-refractivity contribution in [2.75, 3.05) is 5.73 Å². The number of anilines is 1. The fourth-order valence-corrected chi connectivity index (χ4v) is 1.11. The van der Waals surface area contributed by atoms with Crippen LogP contribution in [0.5, 0.6) is 0 Å². The molecule has 1 heterocycles. The van der Waals surface area contributed by atoms with Crippen molar-refractivity contribution in [1.82, 2.24) is 10.3 Å². The quantitative estimate of drug-likeness (QED) is 0.738. The summed E-state index contributed by atoms with van der Waals surface area (Å²) in [5.74, 6) is 0.589. The van der Waals surface area contributed by atoms with Crippen molar-refractivity contribution < 1.29 is 0 Å². The normalized spacial score (nSPS) is 10.8. The lowest BCUT2D eigenvalue weighted by molar-refractivity contribution is 0.586. The molecule has 0 unspecified atom stereocenters. The smallest absolute Gasteiger partial charge is 0.123 e. The SMILES string of the molecule is Cc1nc(N)ccc1CNC(C)C. The molecule has 0 atom stereocenters. The van der Waals surface area contributed by atoms with E-state index < -0.39 is 0 Å². The van der Waals surface area contributed by atoms with Crippen LogP contribution in [0.25, 0.3) is 0 Å². The zero-order valence-electron chi connectivity index (χ0n) is 8.46. The largest absolute Gasteiger partial charge is 0.384 e. The maximum Gasteiger partial charge on any atom is 0.123 e. The second kappa shape index (κ2) is 4.23. The van der Waals surface area contributed by atoms with E-state index in [2.05, 4.69) is 24.1 Å². The molecule has 1 rings (SSSR count). The molecule has 13 heavy (non-hydrogen) atoms. The number of pyridine rings is 1. The minimum absolute atomic E-state index is 0.497. The molecule has 1 aromatic heterocycles. The summed E-state index contributed by atoms with van der Waals surface area (Å²) in [6, 6.07) is 4.36. The molecule has 3 N–H and O–H groups in total. The number of nitrogens with two attached hydrogens (primary N) is 1. The number of aromatic nitrogens is 1. The first-order valence-corrected chi connectivity index (χ1v) is 4.55. The van der Waals surface area contributed by atoms with Crippen LogP contribution in [0.2, 0.25) is 0 Å². The van der Waals surface area contributed by atoms with Gasteiger partial charge < -0.3 is 11.1 Å².